The van der Waals surface area contributed by atoms with Gasteiger partial charge in [0.1, 0.15) is 0 Å². The monoisotopic (exact) mass is 496 g/mol. The summed E-state index contributed by atoms with van der Waals surface area (Å²) in [5, 5.41) is 16.2. The number of hydrogen-bond acceptors (Lipinski definition) is 6. The predicted molar refractivity (Wildman–Crippen MR) is 134 cm³/mol. The van der Waals surface area contributed by atoms with E-state index in [9.17, 15) is 14.9 Å². The van der Waals surface area contributed by atoms with Crippen LogP contribution in [-0.2, 0) is 5.41 Å². The Kier molecular flexibility index (Phi) is 6.96. The lowest BCUT2D eigenvalue weighted by molar-refractivity contribution is -0.386. The fourth-order valence-corrected chi connectivity index (χ4v) is 4.55. The molecule has 184 valence electrons. The molecule has 4 rings (SSSR count). The van der Waals surface area contributed by atoms with Gasteiger partial charge < -0.3 is 9.42 Å². The number of nitro groups is 1. The minimum absolute atomic E-state index is 0.000927. The van der Waals surface area contributed by atoms with Crippen LogP contribution in [0.3, 0.4) is 0 Å². The number of benzene rings is 2. The Morgan fingerprint density at radius 2 is 1.57 bits per heavy atom. The van der Waals surface area contributed by atoms with Gasteiger partial charge in [0.25, 0.3) is 5.91 Å². The summed E-state index contributed by atoms with van der Waals surface area (Å²) >= 11 is 6.13. The fraction of sp³-hybridized carbons (Fsp3) is 0.385. The highest BCUT2D eigenvalue weighted by molar-refractivity contribution is 6.30. The van der Waals surface area contributed by atoms with Crippen molar-refractivity contribution >= 4 is 23.2 Å². The molecule has 1 aromatic heterocycles. The third kappa shape index (κ3) is 5.23. The lowest BCUT2D eigenvalue weighted by Gasteiger charge is -2.39. The van der Waals surface area contributed by atoms with Crippen molar-refractivity contribution in [1.82, 2.24) is 15.0 Å². The maximum Gasteiger partial charge on any atom is 0.345 e. The molecule has 1 saturated heterocycles. The molecule has 1 atom stereocenters. The van der Waals surface area contributed by atoms with E-state index in [1.54, 1.807) is 25.7 Å². The average Bonchev–Trinajstić information content (AvgIpc) is 3.28. The number of aryl methyl sites for hydroxylation is 1. The molecule has 1 amide bonds. The molecule has 1 aliphatic rings. The summed E-state index contributed by atoms with van der Waals surface area (Å²) in [6, 6.07) is 16.2. The Morgan fingerprint density at radius 3 is 2.09 bits per heavy atom. The third-order valence-electron chi connectivity index (χ3n) is 6.28. The van der Waals surface area contributed by atoms with E-state index in [0.29, 0.717) is 31.2 Å². The Hall–Kier alpha value is -3.23. The molecule has 35 heavy (non-hydrogen) atoms. The summed E-state index contributed by atoms with van der Waals surface area (Å²) in [5.41, 5.74) is 2.22. The van der Waals surface area contributed by atoms with Gasteiger partial charge in [-0.05, 0) is 30.2 Å². The number of carbonyl (C=O) groups excluding carboxylic acids is 1. The Labute approximate surface area is 209 Å². The molecule has 0 bridgehead atoms. The van der Waals surface area contributed by atoms with Crippen LogP contribution in [0.1, 0.15) is 59.8 Å². The van der Waals surface area contributed by atoms with Crippen LogP contribution in [0.25, 0.3) is 0 Å². The van der Waals surface area contributed by atoms with Gasteiger partial charge in [0, 0.05) is 36.6 Å². The van der Waals surface area contributed by atoms with E-state index in [4.69, 9.17) is 16.1 Å². The molecular formula is C26H29ClN4O4. The van der Waals surface area contributed by atoms with E-state index in [0.717, 1.165) is 11.1 Å². The van der Waals surface area contributed by atoms with Crippen LogP contribution >= 0.6 is 11.6 Å². The highest BCUT2D eigenvalue weighted by Gasteiger charge is 2.40. The zero-order valence-corrected chi connectivity index (χ0v) is 21.1. The van der Waals surface area contributed by atoms with Gasteiger partial charge in [0.05, 0.1) is 11.0 Å². The zero-order valence-electron chi connectivity index (χ0n) is 20.3. The van der Waals surface area contributed by atoms with Crippen LogP contribution in [0, 0.1) is 17.0 Å². The fourth-order valence-electron chi connectivity index (χ4n) is 4.43. The smallest absolute Gasteiger partial charge is 0.345 e. The predicted octanol–water partition coefficient (Wildman–Crippen LogP) is 5.39. The summed E-state index contributed by atoms with van der Waals surface area (Å²) in [6.45, 7) is 9.46. The molecule has 0 saturated carbocycles. The Bertz CT molecular complexity index is 1160. The molecule has 1 fully saturated rings. The minimum Gasteiger partial charge on any atom is -0.352 e. The number of carbonyl (C=O) groups is 1. The van der Waals surface area contributed by atoms with E-state index in [-0.39, 0.29) is 23.2 Å². The third-order valence-corrected chi connectivity index (χ3v) is 6.53. The van der Waals surface area contributed by atoms with Gasteiger partial charge in [-0.25, -0.2) is 0 Å². The van der Waals surface area contributed by atoms with Crippen molar-refractivity contribution in [3.63, 3.8) is 0 Å². The number of rotatable bonds is 5. The summed E-state index contributed by atoms with van der Waals surface area (Å²) in [4.78, 5) is 28.3. The van der Waals surface area contributed by atoms with Gasteiger partial charge in [0.15, 0.2) is 0 Å². The second-order valence-corrected chi connectivity index (χ2v) is 10.3. The van der Waals surface area contributed by atoms with E-state index in [1.165, 1.54) is 5.56 Å². The maximum atomic E-state index is 13.2. The quantitative estimate of drug-likeness (QED) is 0.347. The molecule has 3 aromatic rings. The topological polar surface area (TPSA) is 92.7 Å². The summed E-state index contributed by atoms with van der Waals surface area (Å²) in [6.07, 6.45) is 0. The first-order valence-electron chi connectivity index (χ1n) is 11.6. The lowest BCUT2D eigenvalue weighted by atomic mass is 9.92. The van der Waals surface area contributed by atoms with Crippen molar-refractivity contribution in [3.05, 3.63) is 91.8 Å². The van der Waals surface area contributed by atoms with Crippen LogP contribution in [0.5, 0.6) is 0 Å². The van der Waals surface area contributed by atoms with E-state index >= 15 is 0 Å². The van der Waals surface area contributed by atoms with Crippen LogP contribution in [0.4, 0.5) is 5.69 Å². The lowest BCUT2D eigenvalue weighted by Crippen LogP contribution is -2.50. The highest BCUT2D eigenvalue weighted by atomic mass is 35.5. The molecule has 2 aromatic carbocycles. The van der Waals surface area contributed by atoms with Gasteiger partial charge >= 0.3 is 5.69 Å². The van der Waals surface area contributed by atoms with Crippen LogP contribution in [0.2, 0.25) is 5.02 Å². The molecular weight excluding hydrogens is 468 g/mol. The Balaban J connectivity index is 1.56. The number of hydrogen-bond donors (Lipinski definition) is 0. The minimum atomic E-state index is -0.646. The van der Waals surface area contributed by atoms with Crippen LogP contribution < -0.4 is 0 Å². The number of piperazine rings is 1. The molecule has 2 heterocycles. The van der Waals surface area contributed by atoms with Gasteiger partial charge in [-0.2, -0.15) is 0 Å². The number of nitrogens with zero attached hydrogens (tertiary/aromatic N) is 4. The highest BCUT2D eigenvalue weighted by Crippen LogP contribution is 2.35. The van der Waals surface area contributed by atoms with Gasteiger partial charge in [-0.1, -0.05) is 79.5 Å². The van der Waals surface area contributed by atoms with Crippen molar-refractivity contribution in [2.45, 2.75) is 39.2 Å². The zero-order chi connectivity index (χ0) is 25.3. The van der Waals surface area contributed by atoms with E-state index in [2.05, 4.69) is 41.2 Å². The molecule has 9 heteroatoms. The molecule has 0 N–H and O–H groups in total. The first-order chi connectivity index (χ1) is 16.6. The molecule has 1 aliphatic heterocycles. The maximum absolute atomic E-state index is 13.2. The molecule has 0 radical (unpaired) electrons. The largest absolute Gasteiger partial charge is 0.352 e. The number of halogens is 1. The van der Waals surface area contributed by atoms with E-state index < -0.39 is 16.2 Å². The summed E-state index contributed by atoms with van der Waals surface area (Å²) in [5.74, 6) is -0.374. The summed E-state index contributed by atoms with van der Waals surface area (Å²) in [7, 11) is 0. The van der Waals surface area contributed by atoms with Gasteiger partial charge in [0.2, 0.25) is 11.5 Å². The SMILES string of the molecule is Cc1ccc(C(c2ccc(Cl)cc2)N2CCN(C(=O)c3noc(C(C)(C)C)c3[N+](=O)[O-])CC2)cc1. The number of amides is 1. The molecule has 1 unspecified atom stereocenters. The van der Waals surface area contributed by atoms with E-state index in [1.807, 2.05) is 24.3 Å². The molecule has 0 spiro atoms. The van der Waals surface area contributed by atoms with Crippen molar-refractivity contribution in [2.75, 3.05) is 26.2 Å². The van der Waals surface area contributed by atoms with Crippen LogP contribution in [0.15, 0.2) is 53.1 Å². The van der Waals surface area contributed by atoms with Crippen LogP contribution in [-0.4, -0.2) is 52.0 Å². The molecule has 0 aliphatic carbocycles. The van der Waals surface area contributed by atoms with Crippen molar-refractivity contribution in [2.24, 2.45) is 0 Å². The first-order valence-corrected chi connectivity index (χ1v) is 11.9. The average molecular weight is 497 g/mol. The second kappa shape index (κ2) is 9.79. The Morgan fingerprint density at radius 1 is 1.03 bits per heavy atom. The van der Waals surface area contributed by atoms with Crippen molar-refractivity contribution in [1.29, 1.82) is 0 Å². The standard InChI is InChI=1S/C26H29ClN4O4/c1-17-5-7-18(8-6-17)22(19-9-11-20(27)12-10-19)29-13-15-30(16-14-29)25(32)21-23(31(33)34)24(35-28-21)26(2,3)4/h5-12,22H,13-16H2,1-4H3. The van der Waals surface area contributed by atoms with Gasteiger partial charge in [-0.15, -0.1) is 0 Å². The van der Waals surface area contributed by atoms with Crippen molar-refractivity contribution in [3.8, 4) is 0 Å². The number of aromatic nitrogens is 1. The van der Waals surface area contributed by atoms with Gasteiger partial charge in [-0.3, -0.25) is 19.8 Å². The van der Waals surface area contributed by atoms with Crippen molar-refractivity contribution < 1.29 is 14.2 Å². The normalized spacial score (nSPS) is 15.7. The molecule has 8 nitrogen and oxygen atoms in total. The second-order valence-electron chi connectivity index (χ2n) is 9.91. The summed E-state index contributed by atoms with van der Waals surface area (Å²) < 4.78 is 5.27. The first kappa shape index (κ1) is 24.9.